The molecule has 1 aromatic rings. The van der Waals surface area contributed by atoms with E-state index in [1.54, 1.807) is 0 Å². The zero-order valence-electron chi connectivity index (χ0n) is 16.9. The molecule has 0 spiro atoms. The van der Waals surface area contributed by atoms with Crippen molar-refractivity contribution in [3.8, 4) is 0 Å². The summed E-state index contributed by atoms with van der Waals surface area (Å²) in [6.07, 6.45) is 7.11. The van der Waals surface area contributed by atoms with Crippen LogP contribution in [0.4, 0.5) is 0 Å². The molecule has 1 fully saturated rings. The molecule has 0 aromatic carbocycles. The van der Waals surface area contributed by atoms with Crippen molar-refractivity contribution >= 4 is 29.9 Å². The van der Waals surface area contributed by atoms with Crippen LogP contribution in [-0.4, -0.2) is 50.6 Å². The Morgan fingerprint density at radius 1 is 1.30 bits per heavy atom. The summed E-state index contributed by atoms with van der Waals surface area (Å²) in [5.74, 6) is 3.33. The van der Waals surface area contributed by atoms with E-state index in [9.17, 15) is 5.11 Å². The molecule has 0 saturated heterocycles. The minimum absolute atomic E-state index is 0. The zero-order chi connectivity index (χ0) is 18.6. The highest BCUT2D eigenvalue weighted by Crippen LogP contribution is 2.28. The molecule has 154 valence electrons. The number of hydrogen-bond acceptors (Lipinski definition) is 4. The van der Waals surface area contributed by atoms with Crippen molar-refractivity contribution < 1.29 is 5.11 Å². The number of hydrogen-bond donors (Lipinski definition) is 3. The second kappa shape index (κ2) is 10.0. The normalized spacial score (nSPS) is 22.1. The van der Waals surface area contributed by atoms with Crippen molar-refractivity contribution in [3.05, 3.63) is 11.6 Å². The highest BCUT2D eigenvalue weighted by atomic mass is 127. The van der Waals surface area contributed by atoms with Crippen molar-refractivity contribution in [1.82, 2.24) is 25.4 Å². The Hall–Kier alpha value is -0.900. The molecule has 0 bridgehead atoms. The summed E-state index contributed by atoms with van der Waals surface area (Å²) >= 11 is 0. The molecule has 3 N–H and O–H groups in total. The summed E-state index contributed by atoms with van der Waals surface area (Å²) in [5.41, 5.74) is -0.626. The van der Waals surface area contributed by atoms with Gasteiger partial charge >= 0.3 is 0 Å². The molecule has 0 amide bonds. The third-order valence-electron chi connectivity index (χ3n) is 5.49. The molecule has 2 heterocycles. The van der Waals surface area contributed by atoms with Crippen molar-refractivity contribution in [1.29, 1.82) is 0 Å². The number of nitrogens with zero attached hydrogens (tertiary/aromatic N) is 4. The maximum atomic E-state index is 10.7. The van der Waals surface area contributed by atoms with Crippen LogP contribution in [0.15, 0.2) is 4.99 Å². The summed E-state index contributed by atoms with van der Waals surface area (Å²) in [4.78, 5) is 4.71. The lowest BCUT2D eigenvalue weighted by molar-refractivity contribution is 0.0131. The monoisotopic (exact) mass is 490 g/mol. The summed E-state index contributed by atoms with van der Waals surface area (Å²) in [7, 11) is 0. The van der Waals surface area contributed by atoms with Crippen molar-refractivity contribution in [3.63, 3.8) is 0 Å². The van der Waals surface area contributed by atoms with E-state index < -0.39 is 5.60 Å². The molecule has 0 radical (unpaired) electrons. The summed E-state index contributed by atoms with van der Waals surface area (Å²) < 4.78 is 2.25. The van der Waals surface area contributed by atoms with Crippen LogP contribution in [0.3, 0.4) is 0 Å². The van der Waals surface area contributed by atoms with Crippen LogP contribution in [0, 0.1) is 0 Å². The Morgan fingerprint density at radius 2 is 2.04 bits per heavy atom. The second-order valence-corrected chi connectivity index (χ2v) is 8.10. The zero-order valence-corrected chi connectivity index (χ0v) is 19.2. The first-order valence-electron chi connectivity index (χ1n) is 10.2. The number of guanidine groups is 1. The first-order chi connectivity index (χ1) is 12.5. The van der Waals surface area contributed by atoms with Gasteiger partial charge in [0.25, 0.3) is 0 Å². The van der Waals surface area contributed by atoms with E-state index in [1.807, 2.05) is 0 Å². The molecule has 27 heavy (non-hydrogen) atoms. The molecule has 1 atom stereocenters. The molecule has 2 aliphatic rings. The lowest BCUT2D eigenvalue weighted by Crippen LogP contribution is -2.48. The van der Waals surface area contributed by atoms with Crippen LogP contribution in [0.25, 0.3) is 0 Å². The Labute approximate surface area is 179 Å². The summed E-state index contributed by atoms with van der Waals surface area (Å²) in [5, 5.41) is 26.3. The van der Waals surface area contributed by atoms with Gasteiger partial charge in [-0.1, -0.05) is 33.1 Å². The largest absolute Gasteiger partial charge is 0.388 e. The Balaban J connectivity index is 0.00000261. The second-order valence-electron chi connectivity index (χ2n) is 8.10. The number of rotatable bonds is 5. The highest BCUT2D eigenvalue weighted by molar-refractivity contribution is 14.0. The average molecular weight is 490 g/mol. The molecule has 7 nitrogen and oxygen atoms in total. The van der Waals surface area contributed by atoms with Crippen molar-refractivity contribution in [2.24, 2.45) is 4.99 Å². The standard InChI is InChI=1S/C19H34N6O.HI/c1-4-20-18(21-13-19(26)10-6-5-7-11-19)22-15-8-9-16-23-24-17(14(2)3)25(16)12-15;/h14-15,26H,4-13H2,1-3H3,(H2,20,21,22);1H. The maximum Gasteiger partial charge on any atom is 0.191 e. The van der Waals surface area contributed by atoms with Gasteiger partial charge < -0.3 is 20.3 Å². The smallest absolute Gasteiger partial charge is 0.191 e. The maximum absolute atomic E-state index is 10.7. The molecule has 1 unspecified atom stereocenters. The van der Waals surface area contributed by atoms with Gasteiger partial charge in [-0.25, -0.2) is 0 Å². The molecular formula is C19H35IN6O. The number of nitrogens with one attached hydrogen (secondary N) is 2. The van der Waals surface area contributed by atoms with Crippen LogP contribution in [-0.2, 0) is 13.0 Å². The summed E-state index contributed by atoms with van der Waals surface area (Å²) in [6.45, 7) is 8.54. The number of halogens is 1. The van der Waals surface area contributed by atoms with E-state index in [1.165, 1.54) is 6.42 Å². The topological polar surface area (TPSA) is 87.4 Å². The highest BCUT2D eigenvalue weighted by Gasteiger charge is 2.29. The number of fused-ring (bicyclic) bond motifs is 1. The van der Waals surface area contributed by atoms with Crippen LogP contribution < -0.4 is 10.6 Å². The molecular weight excluding hydrogens is 455 g/mol. The molecule has 8 heteroatoms. The lowest BCUT2D eigenvalue weighted by Gasteiger charge is -2.31. The van der Waals surface area contributed by atoms with Gasteiger partial charge in [-0.05, 0) is 26.2 Å². The third-order valence-corrected chi connectivity index (χ3v) is 5.49. The minimum Gasteiger partial charge on any atom is -0.388 e. The quantitative estimate of drug-likeness (QED) is 0.336. The van der Waals surface area contributed by atoms with Crippen LogP contribution >= 0.6 is 24.0 Å². The number of aliphatic hydroxyl groups is 1. The lowest BCUT2D eigenvalue weighted by atomic mass is 9.85. The van der Waals surface area contributed by atoms with E-state index in [0.29, 0.717) is 18.5 Å². The number of aryl methyl sites for hydroxylation is 1. The molecule has 3 rings (SSSR count). The van der Waals surface area contributed by atoms with Gasteiger partial charge in [0, 0.05) is 31.5 Å². The van der Waals surface area contributed by atoms with E-state index in [0.717, 1.165) is 69.2 Å². The van der Waals surface area contributed by atoms with Crippen LogP contribution in [0.2, 0.25) is 0 Å². The SMILES string of the molecule is CCNC(=NCC1(O)CCCCC1)NC1CCc2nnc(C(C)C)n2C1.I. The average Bonchev–Trinajstić information content (AvgIpc) is 3.04. The van der Waals surface area contributed by atoms with Crippen LogP contribution in [0.1, 0.15) is 76.9 Å². The fourth-order valence-electron chi connectivity index (χ4n) is 4.00. The third kappa shape index (κ3) is 5.79. The molecule has 1 aliphatic heterocycles. The van der Waals surface area contributed by atoms with E-state index in [4.69, 9.17) is 4.99 Å². The summed E-state index contributed by atoms with van der Waals surface area (Å²) in [6, 6.07) is 0.301. The minimum atomic E-state index is -0.626. The van der Waals surface area contributed by atoms with Gasteiger partial charge in [-0.3, -0.25) is 4.99 Å². The first kappa shape index (κ1) is 22.4. The predicted octanol–water partition coefficient (Wildman–Crippen LogP) is 2.58. The number of aromatic nitrogens is 3. The van der Waals surface area contributed by atoms with E-state index in [2.05, 4.69) is 46.2 Å². The van der Waals surface area contributed by atoms with Gasteiger partial charge in [-0.2, -0.15) is 0 Å². The Morgan fingerprint density at radius 3 is 2.70 bits per heavy atom. The van der Waals surface area contributed by atoms with Crippen molar-refractivity contribution in [2.75, 3.05) is 13.1 Å². The first-order valence-corrected chi connectivity index (χ1v) is 10.2. The molecule has 1 aliphatic carbocycles. The Kier molecular flexibility index (Phi) is 8.33. The fraction of sp³-hybridized carbons (Fsp3) is 0.842. The van der Waals surface area contributed by atoms with Gasteiger partial charge in [0.05, 0.1) is 12.1 Å². The Bertz CT molecular complexity index is 624. The fourth-order valence-corrected chi connectivity index (χ4v) is 4.00. The van der Waals surface area contributed by atoms with Gasteiger partial charge in [0.1, 0.15) is 11.6 Å². The predicted molar refractivity (Wildman–Crippen MR) is 119 cm³/mol. The van der Waals surface area contributed by atoms with Gasteiger partial charge in [0.2, 0.25) is 0 Å². The van der Waals surface area contributed by atoms with Crippen LogP contribution in [0.5, 0.6) is 0 Å². The van der Waals surface area contributed by atoms with E-state index >= 15 is 0 Å². The van der Waals surface area contributed by atoms with E-state index in [-0.39, 0.29) is 24.0 Å². The van der Waals surface area contributed by atoms with Gasteiger partial charge in [0.15, 0.2) is 5.96 Å². The molecule has 1 aromatic heterocycles. The van der Waals surface area contributed by atoms with Gasteiger partial charge in [-0.15, -0.1) is 34.2 Å². The molecule has 1 saturated carbocycles. The van der Waals surface area contributed by atoms with Crippen molar-refractivity contribution in [2.45, 2.75) is 89.8 Å². The number of aliphatic imine (C=N–C) groups is 1.